The Kier molecular flexibility index (Phi) is 4.62. The summed E-state index contributed by atoms with van der Waals surface area (Å²) in [5.41, 5.74) is -0.572. The van der Waals surface area contributed by atoms with Crippen molar-refractivity contribution in [3.05, 3.63) is 20.8 Å². The van der Waals surface area contributed by atoms with Crippen molar-refractivity contribution in [3.8, 4) is 0 Å². The summed E-state index contributed by atoms with van der Waals surface area (Å²) in [6.07, 6.45) is 4.56. The number of carbonyl (C=O) groups excluding carboxylic acids is 1. The molecule has 0 unspecified atom stereocenters. The molecule has 1 heterocycles. The van der Waals surface area contributed by atoms with E-state index in [2.05, 4.69) is 21.2 Å². The van der Waals surface area contributed by atoms with Gasteiger partial charge >= 0.3 is 5.97 Å². The summed E-state index contributed by atoms with van der Waals surface area (Å²) >= 11 is 4.68. The number of rotatable bonds is 4. The Morgan fingerprint density at radius 3 is 2.53 bits per heavy atom. The molecule has 1 aliphatic carbocycles. The predicted octanol–water partition coefficient (Wildman–Crippen LogP) is 3.42. The molecule has 0 bridgehead atoms. The minimum absolute atomic E-state index is 0.00524. The normalized spacial score (nSPS) is 17.9. The van der Waals surface area contributed by atoms with E-state index >= 15 is 0 Å². The van der Waals surface area contributed by atoms with Gasteiger partial charge in [0.15, 0.2) is 0 Å². The van der Waals surface area contributed by atoms with Gasteiger partial charge in [0.2, 0.25) is 0 Å². The number of carbonyl (C=O) groups is 2. The standard InChI is InChI=1S/C13H16BrNO3S/c14-10-5-4-9(19-10)12(18)15-13(8-11(16)17)6-2-1-3-7-13/h4-5H,1-3,6-8H2,(H,15,18)(H,16,17). The maximum absolute atomic E-state index is 12.2. The van der Waals surface area contributed by atoms with Gasteiger partial charge in [-0.3, -0.25) is 9.59 Å². The molecule has 1 amide bonds. The molecule has 1 aromatic heterocycles. The molecule has 104 valence electrons. The lowest BCUT2D eigenvalue weighted by molar-refractivity contribution is -0.139. The van der Waals surface area contributed by atoms with E-state index < -0.39 is 11.5 Å². The van der Waals surface area contributed by atoms with Crippen molar-refractivity contribution in [1.29, 1.82) is 0 Å². The molecule has 0 aromatic carbocycles. The third-order valence-electron chi connectivity index (χ3n) is 3.48. The number of carboxylic acid groups (broad SMARTS) is 1. The molecule has 1 saturated carbocycles. The first-order valence-corrected chi connectivity index (χ1v) is 7.91. The van der Waals surface area contributed by atoms with Crippen LogP contribution < -0.4 is 5.32 Å². The van der Waals surface area contributed by atoms with E-state index in [1.165, 1.54) is 11.3 Å². The van der Waals surface area contributed by atoms with Crippen molar-refractivity contribution in [3.63, 3.8) is 0 Å². The van der Waals surface area contributed by atoms with Crippen molar-refractivity contribution >= 4 is 39.1 Å². The van der Waals surface area contributed by atoms with Crippen molar-refractivity contribution < 1.29 is 14.7 Å². The van der Waals surface area contributed by atoms with Gasteiger partial charge < -0.3 is 10.4 Å². The van der Waals surface area contributed by atoms with Crippen molar-refractivity contribution in [2.75, 3.05) is 0 Å². The zero-order valence-corrected chi connectivity index (χ0v) is 12.8. The lowest BCUT2D eigenvalue weighted by Gasteiger charge is -2.36. The maximum Gasteiger partial charge on any atom is 0.305 e. The molecule has 1 aliphatic rings. The number of carboxylic acids is 1. The third kappa shape index (κ3) is 3.79. The number of hydrogen-bond acceptors (Lipinski definition) is 3. The molecule has 2 rings (SSSR count). The number of aliphatic carboxylic acids is 1. The Morgan fingerprint density at radius 1 is 1.32 bits per heavy atom. The summed E-state index contributed by atoms with van der Waals surface area (Å²) in [5, 5.41) is 12.0. The van der Waals surface area contributed by atoms with Gasteiger partial charge in [0, 0.05) is 0 Å². The highest BCUT2D eigenvalue weighted by molar-refractivity contribution is 9.11. The summed E-state index contributed by atoms with van der Waals surface area (Å²) in [4.78, 5) is 23.9. The van der Waals surface area contributed by atoms with Crippen LogP contribution in [0.1, 0.15) is 48.2 Å². The zero-order chi connectivity index (χ0) is 13.9. The molecular formula is C13H16BrNO3S. The number of hydrogen-bond donors (Lipinski definition) is 2. The summed E-state index contributed by atoms with van der Waals surface area (Å²) in [7, 11) is 0. The fourth-order valence-electron chi connectivity index (χ4n) is 2.60. The highest BCUT2D eigenvalue weighted by Gasteiger charge is 2.36. The van der Waals surface area contributed by atoms with Crippen LogP contribution in [0.2, 0.25) is 0 Å². The molecule has 1 fully saturated rings. The fourth-order valence-corrected chi connectivity index (χ4v) is 3.88. The third-order valence-corrected chi connectivity index (χ3v) is 5.10. The minimum Gasteiger partial charge on any atom is -0.481 e. The summed E-state index contributed by atoms with van der Waals surface area (Å²) in [6, 6.07) is 3.58. The first kappa shape index (κ1) is 14.5. The SMILES string of the molecule is O=C(O)CC1(NC(=O)c2ccc(Br)s2)CCCCC1. The lowest BCUT2D eigenvalue weighted by atomic mass is 9.79. The summed E-state index contributed by atoms with van der Waals surface area (Å²) in [6.45, 7) is 0. The maximum atomic E-state index is 12.2. The van der Waals surface area contributed by atoms with Crippen LogP contribution in [0.25, 0.3) is 0 Å². The van der Waals surface area contributed by atoms with Gasteiger partial charge in [0.1, 0.15) is 0 Å². The Balaban J connectivity index is 2.11. The number of thiophene rings is 1. The average molecular weight is 346 g/mol. The van der Waals surface area contributed by atoms with Crippen LogP contribution in [0.4, 0.5) is 0 Å². The molecule has 0 aliphatic heterocycles. The number of amides is 1. The van der Waals surface area contributed by atoms with Crippen LogP contribution in [-0.2, 0) is 4.79 Å². The van der Waals surface area contributed by atoms with E-state index in [0.29, 0.717) is 4.88 Å². The lowest BCUT2D eigenvalue weighted by Crippen LogP contribution is -2.50. The van der Waals surface area contributed by atoms with Crippen LogP contribution in [0, 0.1) is 0 Å². The van der Waals surface area contributed by atoms with Gasteiger partial charge in [0.25, 0.3) is 5.91 Å². The van der Waals surface area contributed by atoms with E-state index in [0.717, 1.165) is 35.9 Å². The smallest absolute Gasteiger partial charge is 0.305 e. The Hall–Kier alpha value is -0.880. The topological polar surface area (TPSA) is 66.4 Å². The van der Waals surface area contributed by atoms with Crippen LogP contribution in [0.15, 0.2) is 15.9 Å². The Labute approximate surface area is 124 Å². The first-order valence-electron chi connectivity index (χ1n) is 6.30. The highest BCUT2D eigenvalue weighted by Crippen LogP contribution is 2.32. The van der Waals surface area contributed by atoms with Gasteiger partial charge in [-0.25, -0.2) is 0 Å². The van der Waals surface area contributed by atoms with E-state index in [-0.39, 0.29) is 12.3 Å². The molecule has 4 nitrogen and oxygen atoms in total. The minimum atomic E-state index is -0.852. The molecule has 0 radical (unpaired) electrons. The zero-order valence-electron chi connectivity index (χ0n) is 10.4. The second-order valence-electron chi connectivity index (χ2n) is 4.97. The van der Waals surface area contributed by atoms with Crippen LogP contribution in [-0.4, -0.2) is 22.5 Å². The fraction of sp³-hybridized carbons (Fsp3) is 0.538. The average Bonchev–Trinajstić information content (AvgIpc) is 2.76. The molecule has 19 heavy (non-hydrogen) atoms. The molecule has 6 heteroatoms. The quantitative estimate of drug-likeness (QED) is 0.878. The Bertz CT molecular complexity index is 480. The van der Waals surface area contributed by atoms with E-state index in [1.807, 2.05) is 6.07 Å². The second kappa shape index (κ2) is 6.05. The molecule has 0 spiro atoms. The highest BCUT2D eigenvalue weighted by atomic mass is 79.9. The molecule has 0 saturated heterocycles. The van der Waals surface area contributed by atoms with Crippen LogP contribution in [0.3, 0.4) is 0 Å². The van der Waals surface area contributed by atoms with Crippen molar-refractivity contribution in [2.24, 2.45) is 0 Å². The van der Waals surface area contributed by atoms with Gasteiger partial charge in [-0.2, -0.15) is 0 Å². The summed E-state index contributed by atoms with van der Waals surface area (Å²) in [5.74, 6) is -1.02. The van der Waals surface area contributed by atoms with Crippen LogP contribution >= 0.6 is 27.3 Å². The van der Waals surface area contributed by atoms with Crippen LogP contribution in [0.5, 0.6) is 0 Å². The van der Waals surface area contributed by atoms with Gasteiger partial charge in [-0.1, -0.05) is 19.3 Å². The van der Waals surface area contributed by atoms with Crippen molar-refractivity contribution in [1.82, 2.24) is 5.32 Å². The molecule has 2 N–H and O–H groups in total. The molecule has 1 aromatic rings. The van der Waals surface area contributed by atoms with E-state index in [1.54, 1.807) is 6.07 Å². The second-order valence-corrected chi connectivity index (χ2v) is 7.43. The Morgan fingerprint density at radius 2 is 2.00 bits per heavy atom. The van der Waals surface area contributed by atoms with E-state index in [4.69, 9.17) is 5.11 Å². The van der Waals surface area contributed by atoms with Gasteiger partial charge in [0.05, 0.1) is 20.6 Å². The number of halogens is 1. The van der Waals surface area contributed by atoms with Gasteiger partial charge in [-0.05, 0) is 40.9 Å². The van der Waals surface area contributed by atoms with E-state index in [9.17, 15) is 9.59 Å². The predicted molar refractivity (Wildman–Crippen MR) is 77.6 cm³/mol. The molecular weight excluding hydrogens is 330 g/mol. The largest absolute Gasteiger partial charge is 0.481 e. The number of nitrogens with one attached hydrogen (secondary N) is 1. The summed E-state index contributed by atoms with van der Waals surface area (Å²) < 4.78 is 0.897. The van der Waals surface area contributed by atoms with Crippen molar-refractivity contribution in [2.45, 2.75) is 44.1 Å². The first-order chi connectivity index (χ1) is 9.01. The van der Waals surface area contributed by atoms with Gasteiger partial charge in [-0.15, -0.1) is 11.3 Å². The monoisotopic (exact) mass is 345 g/mol. The molecule has 0 atom stereocenters.